The molecule has 1 fully saturated rings. The summed E-state index contributed by atoms with van der Waals surface area (Å²) >= 11 is 6.29. The van der Waals surface area contributed by atoms with Gasteiger partial charge in [-0.15, -0.1) is 0 Å². The fraction of sp³-hybridized carbons (Fsp3) is 0.286. The van der Waals surface area contributed by atoms with Gasteiger partial charge in [0, 0.05) is 17.3 Å². The summed E-state index contributed by atoms with van der Waals surface area (Å²) in [4.78, 5) is 35.5. The van der Waals surface area contributed by atoms with Crippen LogP contribution in [0.4, 0.5) is 22.4 Å². The highest BCUT2D eigenvalue weighted by Gasteiger charge is 2.53. The summed E-state index contributed by atoms with van der Waals surface area (Å²) in [5.74, 6) is -0.915. The van der Waals surface area contributed by atoms with Gasteiger partial charge in [-0.1, -0.05) is 41.9 Å². The van der Waals surface area contributed by atoms with Crippen LogP contribution in [-0.2, 0) is 9.53 Å². The molecule has 1 saturated carbocycles. The van der Waals surface area contributed by atoms with Crippen LogP contribution < -0.4 is 16.8 Å². The fourth-order valence-corrected chi connectivity index (χ4v) is 5.02. The second-order valence-electron chi connectivity index (χ2n) is 10.3. The van der Waals surface area contributed by atoms with Gasteiger partial charge < -0.3 is 21.5 Å². The predicted molar refractivity (Wildman–Crippen MR) is 156 cm³/mol. The van der Waals surface area contributed by atoms with E-state index in [-0.39, 0.29) is 35.2 Å². The number of amides is 2. The van der Waals surface area contributed by atoms with E-state index in [4.69, 9.17) is 33.2 Å². The summed E-state index contributed by atoms with van der Waals surface area (Å²) in [6.45, 7) is -3.31. The summed E-state index contributed by atoms with van der Waals surface area (Å²) in [5.41, 5.74) is 12.5. The number of benzene rings is 2. The van der Waals surface area contributed by atoms with Gasteiger partial charge in [-0.2, -0.15) is 13.9 Å². The van der Waals surface area contributed by atoms with Crippen LogP contribution in [0.2, 0.25) is 5.02 Å². The number of nitrogens with one attached hydrogen (secondary N) is 2. The van der Waals surface area contributed by atoms with Crippen LogP contribution in [0.3, 0.4) is 0 Å². The summed E-state index contributed by atoms with van der Waals surface area (Å²) in [5, 5.41) is 13.2. The molecule has 236 valence electrons. The van der Waals surface area contributed by atoms with Crippen LogP contribution in [-0.4, -0.2) is 63.4 Å². The van der Waals surface area contributed by atoms with Gasteiger partial charge in [-0.3, -0.25) is 15.1 Å². The molecule has 0 spiro atoms. The van der Waals surface area contributed by atoms with Gasteiger partial charge in [-0.05, 0) is 41.7 Å². The van der Waals surface area contributed by atoms with Gasteiger partial charge in [0.1, 0.15) is 24.3 Å². The highest BCUT2D eigenvalue weighted by atomic mass is 35.5. The zero-order chi connectivity index (χ0) is 32.5. The van der Waals surface area contributed by atoms with Crippen LogP contribution in [0.1, 0.15) is 48.2 Å². The third-order valence-electron chi connectivity index (χ3n) is 7.44. The number of hydrogen-bond acceptors (Lipinski definition) is 7. The smallest absolute Gasteiger partial charge is 0.407 e. The van der Waals surface area contributed by atoms with Crippen molar-refractivity contribution in [2.45, 2.75) is 43.4 Å². The van der Waals surface area contributed by atoms with Crippen LogP contribution in [0.5, 0.6) is 0 Å². The molecule has 2 heterocycles. The van der Waals surface area contributed by atoms with Gasteiger partial charge in [-0.25, -0.2) is 28.2 Å². The van der Waals surface area contributed by atoms with Crippen LogP contribution in [0.15, 0.2) is 64.8 Å². The normalized spacial score (nSPS) is 18.2. The number of hydrogen-bond donors (Lipinski definition) is 4. The van der Waals surface area contributed by atoms with Crippen molar-refractivity contribution in [3.05, 3.63) is 76.6 Å². The first-order valence-corrected chi connectivity index (χ1v) is 13.8. The van der Waals surface area contributed by atoms with Crippen molar-refractivity contribution in [2.75, 3.05) is 6.61 Å². The molecular weight excluding hydrogens is 622 g/mol. The molecule has 45 heavy (non-hydrogen) atoms. The first-order chi connectivity index (χ1) is 21.4. The minimum Gasteiger partial charge on any atom is -0.447 e. The molecule has 6 N–H and O–H groups in total. The Morgan fingerprint density at radius 2 is 1.91 bits per heavy atom. The Morgan fingerprint density at radius 3 is 2.51 bits per heavy atom. The van der Waals surface area contributed by atoms with E-state index in [1.807, 2.05) is 0 Å². The number of alkyl carbamates (subject to hydrolysis) is 1. The lowest BCUT2D eigenvalue weighted by atomic mass is 10.00. The number of carbonyl (C=O) groups is 2. The molecule has 2 atom stereocenters. The predicted octanol–water partition coefficient (Wildman–Crippen LogP) is 4.37. The highest BCUT2D eigenvalue weighted by Crippen LogP contribution is 2.41. The van der Waals surface area contributed by atoms with Crippen molar-refractivity contribution < 1.29 is 31.9 Å². The molecule has 3 aromatic rings. The average Bonchev–Trinajstić information content (AvgIpc) is 3.50. The quantitative estimate of drug-likeness (QED) is 0.136. The largest absolute Gasteiger partial charge is 0.447 e. The molecule has 17 heteroatoms. The molecule has 1 aliphatic carbocycles. The summed E-state index contributed by atoms with van der Waals surface area (Å²) in [7, 11) is 0. The van der Waals surface area contributed by atoms with Crippen molar-refractivity contribution in [1.29, 1.82) is 5.41 Å². The molecule has 2 aromatic carbocycles. The Morgan fingerprint density at radius 1 is 1.20 bits per heavy atom. The molecule has 2 unspecified atom stereocenters. The van der Waals surface area contributed by atoms with E-state index in [1.54, 1.807) is 24.3 Å². The second-order valence-corrected chi connectivity index (χ2v) is 10.7. The van der Waals surface area contributed by atoms with E-state index in [1.165, 1.54) is 30.6 Å². The van der Waals surface area contributed by atoms with Gasteiger partial charge in [0.05, 0.1) is 17.3 Å². The third kappa shape index (κ3) is 6.45. The maximum Gasteiger partial charge on any atom is 0.407 e. The molecule has 0 saturated heterocycles. The summed E-state index contributed by atoms with van der Waals surface area (Å²) < 4.78 is 58.5. The minimum atomic E-state index is -2.80. The van der Waals surface area contributed by atoms with Crippen molar-refractivity contribution in [2.24, 2.45) is 21.5 Å². The Kier molecular flexibility index (Phi) is 8.77. The number of nitrogens with two attached hydrogens (primary N) is 2. The molecule has 1 aromatic heterocycles. The lowest BCUT2D eigenvalue weighted by Gasteiger charge is -2.29. The van der Waals surface area contributed by atoms with Crippen LogP contribution in [0.25, 0.3) is 11.1 Å². The van der Waals surface area contributed by atoms with E-state index in [2.05, 4.69) is 20.4 Å². The zero-order valence-electron chi connectivity index (χ0n) is 23.2. The maximum absolute atomic E-state index is 13.8. The molecular formula is C28H26ClF4N9O3. The molecule has 12 nitrogen and oxygen atoms in total. The lowest BCUT2D eigenvalue weighted by molar-refractivity contribution is -0.129. The standard InChI is InChI=1S/C28H26ClF4N9O3/c29-19-6-5-16(9-18(19)22(35)37-13-34)20(12-45-27(44)40-28(7-8-28)24(30)31)42-23(43)21(39-26(42)36)15-3-1-14(2-4-15)17-10-38-41(11-17)25(32)33/h1-6,9-11,13,20-21,24-25H,7-8,12H2,(H2,36,39)(H,40,44)(H3,34,35,37). The van der Waals surface area contributed by atoms with Crippen LogP contribution in [0, 0.1) is 5.41 Å². The van der Waals surface area contributed by atoms with E-state index < -0.39 is 49.2 Å². The molecule has 0 radical (unpaired) electrons. The third-order valence-corrected chi connectivity index (χ3v) is 7.77. The highest BCUT2D eigenvalue weighted by molar-refractivity contribution is 6.34. The minimum absolute atomic E-state index is 0.0919. The van der Waals surface area contributed by atoms with Crippen LogP contribution >= 0.6 is 11.6 Å². The summed E-state index contributed by atoms with van der Waals surface area (Å²) in [6, 6.07) is 8.65. The number of halogens is 5. The molecule has 5 rings (SSSR count). The number of aliphatic imine (C=N–C) groups is 2. The van der Waals surface area contributed by atoms with Gasteiger partial charge in [0.2, 0.25) is 0 Å². The second kappa shape index (κ2) is 12.6. The number of amidine groups is 1. The van der Waals surface area contributed by atoms with Crippen molar-refractivity contribution >= 4 is 41.7 Å². The summed E-state index contributed by atoms with van der Waals surface area (Å²) in [6.07, 6.45) is -0.524. The average molecular weight is 648 g/mol. The van der Waals surface area contributed by atoms with E-state index in [9.17, 15) is 27.2 Å². The number of carbonyl (C=O) groups excluding carboxylic acids is 2. The molecule has 2 amide bonds. The number of guanidine groups is 1. The maximum atomic E-state index is 13.8. The van der Waals surface area contributed by atoms with E-state index in [0.29, 0.717) is 26.9 Å². The van der Waals surface area contributed by atoms with Crippen molar-refractivity contribution in [3.8, 4) is 11.1 Å². The number of nitrogens with zero attached hydrogens (tertiary/aromatic N) is 5. The Bertz CT molecular complexity index is 1680. The Hall–Kier alpha value is -4.99. The zero-order valence-corrected chi connectivity index (χ0v) is 24.0. The molecule has 2 aliphatic rings. The van der Waals surface area contributed by atoms with Crippen molar-refractivity contribution in [3.63, 3.8) is 0 Å². The molecule has 1 aliphatic heterocycles. The van der Waals surface area contributed by atoms with Crippen molar-refractivity contribution in [1.82, 2.24) is 20.0 Å². The fourth-order valence-electron chi connectivity index (χ4n) is 4.81. The Labute approximate surface area is 258 Å². The number of rotatable bonds is 11. The van der Waals surface area contributed by atoms with E-state index >= 15 is 0 Å². The Balaban J connectivity index is 1.42. The van der Waals surface area contributed by atoms with Gasteiger partial charge >= 0.3 is 12.6 Å². The topological polar surface area (TPSA) is 177 Å². The first-order valence-electron chi connectivity index (χ1n) is 13.4. The number of alkyl halides is 4. The van der Waals surface area contributed by atoms with Gasteiger partial charge in [0.15, 0.2) is 12.0 Å². The molecule has 0 bridgehead atoms. The number of ether oxygens (including phenoxy) is 1. The van der Waals surface area contributed by atoms with Gasteiger partial charge in [0.25, 0.3) is 12.3 Å². The van der Waals surface area contributed by atoms with E-state index in [0.717, 1.165) is 11.2 Å². The SMILES string of the molecule is N=CN=C(N)c1cc(C(COC(=O)NC2(C(F)F)CC2)N2C(=O)C(c3ccc(-c4cnn(C(F)F)c4)cc3)N=C2N)ccc1Cl. The number of aromatic nitrogens is 2. The lowest BCUT2D eigenvalue weighted by Crippen LogP contribution is -2.45. The first kappa shape index (κ1) is 31.4. The monoisotopic (exact) mass is 647 g/mol.